The number of nitro groups is 1. The molecule has 7 nitrogen and oxygen atoms in total. The third kappa shape index (κ3) is 3.07. The molecule has 0 fully saturated rings. The van der Waals surface area contributed by atoms with Crippen LogP contribution in [0.15, 0.2) is 24.4 Å². The van der Waals surface area contributed by atoms with E-state index < -0.39 is 4.92 Å². The fourth-order valence-electron chi connectivity index (χ4n) is 1.61. The molecule has 2 rings (SSSR count). The summed E-state index contributed by atoms with van der Waals surface area (Å²) in [5.41, 5.74) is 6.74. The molecule has 0 atom stereocenters. The molecule has 0 amide bonds. The monoisotopic (exact) mass is 281 g/mol. The number of hydrogen-bond donors (Lipinski definition) is 1. The first-order chi connectivity index (χ1) is 9.11. The smallest absolute Gasteiger partial charge is 0.288 e. The molecule has 8 heteroatoms. The number of benzene rings is 1. The Morgan fingerprint density at radius 3 is 2.89 bits per heavy atom. The Balaban J connectivity index is 2.24. The fourth-order valence-corrected chi connectivity index (χ4v) is 1.85. The maximum atomic E-state index is 10.7. The summed E-state index contributed by atoms with van der Waals surface area (Å²) in [6.45, 7) is 0.593. The summed E-state index contributed by atoms with van der Waals surface area (Å²) in [5, 5.41) is 18.7. The summed E-state index contributed by atoms with van der Waals surface area (Å²) < 4.78 is 1.53. The summed E-state index contributed by atoms with van der Waals surface area (Å²) in [6.07, 6.45) is 3.34. The minimum atomic E-state index is -0.528. The Labute approximate surface area is 114 Å². The van der Waals surface area contributed by atoms with Crippen molar-refractivity contribution in [2.75, 3.05) is 6.54 Å². The van der Waals surface area contributed by atoms with E-state index in [1.807, 2.05) is 0 Å². The van der Waals surface area contributed by atoms with Crippen molar-refractivity contribution >= 4 is 17.3 Å². The van der Waals surface area contributed by atoms with Crippen LogP contribution in [-0.2, 0) is 6.42 Å². The lowest BCUT2D eigenvalue weighted by atomic mass is 10.2. The lowest BCUT2D eigenvalue weighted by Crippen LogP contribution is -2.00. The Morgan fingerprint density at radius 2 is 2.26 bits per heavy atom. The topological polar surface area (TPSA) is 99.9 Å². The van der Waals surface area contributed by atoms with Gasteiger partial charge in [0.2, 0.25) is 0 Å². The highest BCUT2D eigenvalue weighted by molar-refractivity contribution is 6.32. The average molecular weight is 282 g/mol. The maximum absolute atomic E-state index is 10.7. The van der Waals surface area contributed by atoms with Gasteiger partial charge in [-0.2, -0.15) is 0 Å². The van der Waals surface area contributed by atoms with Gasteiger partial charge in [-0.1, -0.05) is 16.8 Å². The van der Waals surface area contributed by atoms with Crippen LogP contribution in [0.1, 0.15) is 12.1 Å². The summed E-state index contributed by atoms with van der Waals surface area (Å²) >= 11 is 5.84. The van der Waals surface area contributed by atoms with Crippen LogP contribution in [0.4, 0.5) is 5.69 Å². The van der Waals surface area contributed by atoms with Crippen LogP contribution in [0.5, 0.6) is 0 Å². The molecule has 0 unspecified atom stereocenters. The summed E-state index contributed by atoms with van der Waals surface area (Å²) in [6, 6.07) is 4.41. The number of nitrogens with zero attached hydrogens (tertiary/aromatic N) is 4. The second-order valence-electron chi connectivity index (χ2n) is 3.94. The van der Waals surface area contributed by atoms with Gasteiger partial charge in [0.25, 0.3) is 5.69 Å². The second kappa shape index (κ2) is 5.77. The van der Waals surface area contributed by atoms with Crippen LogP contribution in [0, 0.1) is 10.1 Å². The van der Waals surface area contributed by atoms with Crippen molar-refractivity contribution < 1.29 is 4.92 Å². The molecule has 0 bridgehead atoms. The van der Waals surface area contributed by atoms with E-state index in [0.717, 1.165) is 18.5 Å². The molecule has 0 aliphatic rings. The molecule has 1 aromatic heterocycles. The van der Waals surface area contributed by atoms with E-state index in [1.165, 1.54) is 16.8 Å². The van der Waals surface area contributed by atoms with Crippen LogP contribution in [0.25, 0.3) is 5.69 Å². The quantitative estimate of drug-likeness (QED) is 0.664. The van der Waals surface area contributed by atoms with Gasteiger partial charge in [-0.15, -0.1) is 5.10 Å². The van der Waals surface area contributed by atoms with E-state index >= 15 is 0 Å². The van der Waals surface area contributed by atoms with Gasteiger partial charge < -0.3 is 5.73 Å². The molecule has 1 aromatic carbocycles. The first-order valence-corrected chi connectivity index (χ1v) is 6.05. The van der Waals surface area contributed by atoms with E-state index in [1.54, 1.807) is 12.3 Å². The minimum Gasteiger partial charge on any atom is -0.330 e. The van der Waals surface area contributed by atoms with E-state index in [-0.39, 0.29) is 10.7 Å². The molecule has 19 heavy (non-hydrogen) atoms. The molecule has 2 aromatic rings. The normalized spacial score (nSPS) is 10.6. The SMILES string of the molecule is NCCCc1cn(-c2ccc([N+](=O)[O-])c(Cl)c2)nn1. The zero-order chi connectivity index (χ0) is 13.8. The van der Waals surface area contributed by atoms with Crippen LogP contribution < -0.4 is 5.73 Å². The zero-order valence-electron chi connectivity index (χ0n) is 9.99. The Kier molecular flexibility index (Phi) is 4.08. The van der Waals surface area contributed by atoms with Crippen molar-refractivity contribution in [3.8, 4) is 5.69 Å². The number of hydrogen-bond acceptors (Lipinski definition) is 5. The zero-order valence-corrected chi connectivity index (χ0v) is 10.7. The van der Waals surface area contributed by atoms with E-state index in [9.17, 15) is 10.1 Å². The van der Waals surface area contributed by atoms with Gasteiger partial charge in [-0.25, -0.2) is 4.68 Å². The second-order valence-corrected chi connectivity index (χ2v) is 4.35. The van der Waals surface area contributed by atoms with Gasteiger partial charge in [0.1, 0.15) is 5.02 Å². The largest absolute Gasteiger partial charge is 0.330 e. The van der Waals surface area contributed by atoms with Crippen molar-refractivity contribution in [1.82, 2.24) is 15.0 Å². The first-order valence-electron chi connectivity index (χ1n) is 5.67. The number of rotatable bonds is 5. The van der Waals surface area contributed by atoms with Crippen molar-refractivity contribution in [2.24, 2.45) is 5.73 Å². The summed E-state index contributed by atoms with van der Waals surface area (Å²) in [4.78, 5) is 10.1. The van der Waals surface area contributed by atoms with Gasteiger partial charge in [0.15, 0.2) is 0 Å². The minimum absolute atomic E-state index is 0.0708. The lowest BCUT2D eigenvalue weighted by molar-refractivity contribution is -0.384. The molecule has 0 saturated carbocycles. The number of aromatic nitrogens is 3. The van der Waals surface area contributed by atoms with Crippen molar-refractivity contribution in [2.45, 2.75) is 12.8 Å². The van der Waals surface area contributed by atoms with Crippen molar-refractivity contribution in [3.05, 3.63) is 45.2 Å². The molecular formula is C11H12ClN5O2. The van der Waals surface area contributed by atoms with Gasteiger partial charge in [0.05, 0.1) is 22.5 Å². The average Bonchev–Trinajstić information content (AvgIpc) is 2.84. The number of nitro benzene ring substituents is 1. The fraction of sp³-hybridized carbons (Fsp3) is 0.273. The molecule has 0 aliphatic heterocycles. The van der Waals surface area contributed by atoms with Gasteiger partial charge in [0, 0.05) is 6.07 Å². The first kappa shape index (κ1) is 13.4. The van der Waals surface area contributed by atoms with Crippen LogP contribution in [0.2, 0.25) is 5.02 Å². The highest BCUT2D eigenvalue weighted by Gasteiger charge is 2.13. The number of nitrogens with two attached hydrogens (primary N) is 1. The highest BCUT2D eigenvalue weighted by Crippen LogP contribution is 2.26. The Morgan fingerprint density at radius 1 is 1.47 bits per heavy atom. The van der Waals surface area contributed by atoms with Gasteiger partial charge >= 0.3 is 0 Å². The van der Waals surface area contributed by atoms with E-state index in [2.05, 4.69) is 10.3 Å². The molecule has 2 N–H and O–H groups in total. The molecule has 0 spiro atoms. The van der Waals surface area contributed by atoms with Gasteiger partial charge in [-0.3, -0.25) is 10.1 Å². The van der Waals surface area contributed by atoms with Crippen LogP contribution in [-0.4, -0.2) is 26.5 Å². The van der Waals surface area contributed by atoms with Crippen LogP contribution in [0.3, 0.4) is 0 Å². The lowest BCUT2D eigenvalue weighted by Gasteiger charge is -2.01. The van der Waals surface area contributed by atoms with E-state index in [0.29, 0.717) is 12.2 Å². The molecule has 0 radical (unpaired) electrons. The maximum Gasteiger partial charge on any atom is 0.288 e. The Hall–Kier alpha value is -1.99. The predicted molar refractivity (Wildman–Crippen MR) is 70.4 cm³/mol. The predicted octanol–water partition coefficient (Wildman–Crippen LogP) is 1.72. The molecule has 1 heterocycles. The van der Waals surface area contributed by atoms with Crippen molar-refractivity contribution in [3.63, 3.8) is 0 Å². The third-order valence-electron chi connectivity index (χ3n) is 2.57. The Bertz CT molecular complexity index is 599. The van der Waals surface area contributed by atoms with Crippen LogP contribution >= 0.6 is 11.6 Å². The van der Waals surface area contributed by atoms with Gasteiger partial charge in [-0.05, 0) is 31.5 Å². The standard InChI is InChI=1S/C11H12ClN5O2/c12-10-6-9(3-4-11(10)17(18)19)16-7-8(14-15-16)2-1-5-13/h3-4,6-7H,1-2,5,13H2. The molecule has 0 saturated heterocycles. The molecular weight excluding hydrogens is 270 g/mol. The summed E-state index contributed by atoms with van der Waals surface area (Å²) in [5.74, 6) is 0. The van der Waals surface area contributed by atoms with E-state index in [4.69, 9.17) is 17.3 Å². The third-order valence-corrected chi connectivity index (χ3v) is 2.87. The molecule has 100 valence electrons. The summed E-state index contributed by atoms with van der Waals surface area (Å²) in [7, 11) is 0. The number of halogens is 1. The molecule has 0 aliphatic carbocycles. The highest BCUT2D eigenvalue weighted by atomic mass is 35.5. The van der Waals surface area contributed by atoms with Crippen molar-refractivity contribution in [1.29, 1.82) is 0 Å². The number of aryl methyl sites for hydroxylation is 1.